The van der Waals surface area contributed by atoms with Gasteiger partial charge >= 0.3 is 0 Å². The molecule has 1 heteroatoms. The summed E-state index contributed by atoms with van der Waals surface area (Å²) in [6.45, 7) is 9.86. The second kappa shape index (κ2) is 4.97. The lowest BCUT2D eigenvalue weighted by Gasteiger charge is -2.08. The molecule has 0 bridgehead atoms. The molecule has 2 aliphatic carbocycles. The van der Waals surface area contributed by atoms with E-state index >= 15 is 0 Å². The molecule has 3 rings (SSSR count). The van der Waals surface area contributed by atoms with Gasteiger partial charge in [0.1, 0.15) is 0 Å². The maximum absolute atomic E-state index is 9.62. The zero-order valence-corrected chi connectivity index (χ0v) is 12.2. The molecule has 0 spiro atoms. The Bertz CT molecular complexity index is 602. The molecular formula is C19H22O. The van der Waals surface area contributed by atoms with Crippen LogP contribution in [0.5, 0.6) is 0 Å². The summed E-state index contributed by atoms with van der Waals surface area (Å²) in [7, 11) is 0. The molecule has 0 heterocycles. The molecule has 104 valence electrons. The summed E-state index contributed by atoms with van der Waals surface area (Å²) in [6.07, 6.45) is 8.73. The van der Waals surface area contributed by atoms with Gasteiger partial charge in [-0.3, -0.25) is 0 Å². The highest BCUT2D eigenvalue weighted by Gasteiger charge is 2.25. The Kier molecular flexibility index (Phi) is 3.29. The quantitative estimate of drug-likeness (QED) is 0.766. The minimum absolute atomic E-state index is 0.187. The zero-order chi connectivity index (χ0) is 14.3. The third-order valence-electron chi connectivity index (χ3n) is 4.63. The van der Waals surface area contributed by atoms with E-state index in [-0.39, 0.29) is 5.92 Å². The van der Waals surface area contributed by atoms with Crippen molar-refractivity contribution in [3.8, 4) is 0 Å². The van der Waals surface area contributed by atoms with E-state index < -0.39 is 0 Å². The molecule has 1 saturated carbocycles. The fraction of sp³-hybridized carbons (Fsp3) is 0.368. The van der Waals surface area contributed by atoms with E-state index in [1.54, 1.807) is 0 Å². The summed E-state index contributed by atoms with van der Waals surface area (Å²) in [6, 6.07) is 4.51. The van der Waals surface area contributed by atoms with Crippen LogP contribution >= 0.6 is 0 Å². The summed E-state index contributed by atoms with van der Waals surface area (Å²) >= 11 is 0. The molecule has 1 nitrogen and oxygen atoms in total. The van der Waals surface area contributed by atoms with Crippen LogP contribution in [0.1, 0.15) is 42.0 Å². The van der Waals surface area contributed by atoms with Crippen molar-refractivity contribution in [2.24, 2.45) is 11.8 Å². The second-order valence-corrected chi connectivity index (χ2v) is 6.21. The minimum Gasteiger partial charge on any atom is -0.513 e. The number of benzene rings is 1. The van der Waals surface area contributed by atoms with E-state index in [2.05, 4.69) is 38.3 Å². The van der Waals surface area contributed by atoms with Crippen LogP contribution in [-0.4, -0.2) is 5.11 Å². The van der Waals surface area contributed by atoms with Crippen molar-refractivity contribution in [2.75, 3.05) is 0 Å². The van der Waals surface area contributed by atoms with Gasteiger partial charge in [-0.05, 0) is 60.8 Å². The number of hydrogen-bond donors (Lipinski definition) is 1. The summed E-state index contributed by atoms with van der Waals surface area (Å²) in [4.78, 5) is 0. The van der Waals surface area contributed by atoms with Gasteiger partial charge < -0.3 is 5.11 Å². The maximum atomic E-state index is 9.62. The van der Waals surface area contributed by atoms with Gasteiger partial charge in [-0.15, -0.1) is 0 Å². The van der Waals surface area contributed by atoms with Crippen LogP contribution in [0.3, 0.4) is 0 Å². The first-order valence-electron chi connectivity index (χ1n) is 7.42. The van der Waals surface area contributed by atoms with Gasteiger partial charge in [0.15, 0.2) is 0 Å². The van der Waals surface area contributed by atoms with Crippen molar-refractivity contribution in [1.29, 1.82) is 0 Å². The molecular weight excluding hydrogens is 244 g/mol. The monoisotopic (exact) mass is 266 g/mol. The van der Waals surface area contributed by atoms with E-state index in [1.807, 2.05) is 6.08 Å². The van der Waals surface area contributed by atoms with E-state index in [1.165, 1.54) is 40.7 Å². The number of allylic oxidation sites excluding steroid dienone is 2. The fourth-order valence-corrected chi connectivity index (χ4v) is 3.15. The Balaban J connectivity index is 1.96. The van der Waals surface area contributed by atoms with Gasteiger partial charge in [-0.25, -0.2) is 0 Å². The molecule has 0 radical (unpaired) electrons. The molecule has 0 amide bonds. The first-order chi connectivity index (χ1) is 9.58. The summed E-state index contributed by atoms with van der Waals surface area (Å²) in [5.41, 5.74) is 6.64. The molecule has 2 aliphatic rings. The molecule has 1 fully saturated rings. The van der Waals surface area contributed by atoms with E-state index in [9.17, 15) is 5.11 Å². The van der Waals surface area contributed by atoms with Gasteiger partial charge in [-0.2, -0.15) is 0 Å². The minimum atomic E-state index is 0.187. The molecule has 1 unspecified atom stereocenters. The summed E-state index contributed by atoms with van der Waals surface area (Å²) in [5, 5.41) is 9.62. The third-order valence-corrected chi connectivity index (χ3v) is 4.63. The standard InChI is InChI=1S/C19H22O/c1-4-14-8-18-9-16(13(3)20)10-19(18)11-17(14)7-12(2)15-5-6-15/h4,7-8,11,15-16,20H,1,3,5-6,9-10H2,2H3/b12-7+. The Morgan fingerprint density at radius 3 is 2.25 bits per heavy atom. The number of hydrogen-bond acceptors (Lipinski definition) is 1. The van der Waals surface area contributed by atoms with Crippen LogP contribution < -0.4 is 0 Å². The number of fused-ring (bicyclic) bond motifs is 1. The molecule has 0 aromatic heterocycles. The zero-order valence-electron chi connectivity index (χ0n) is 12.2. The number of aliphatic hydroxyl groups excluding tert-OH is 1. The largest absolute Gasteiger partial charge is 0.513 e. The van der Waals surface area contributed by atoms with E-state index in [0.29, 0.717) is 5.76 Å². The van der Waals surface area contributed by atoms with Crippen LogP contribution in [0.4, 0.5) is 0 Å². The lowest BCUT2D eigenvalue weighted by Crippen LogP contribution is -2.01. The Morgan fingerprint density at radius 2 is 1.75 bits per heavy atom. The molecule has 20 heavy (non-hydrogen) atoms. The average Bonchev–Trinajstić information content (AvgIpc) is 3.18. The van der Waals surface area contributed by atoms with Crippen LogP contribution in [0.15, 0.2) is 36.6 Å². The van der Waals surface area contributed by atoms with Crippen molar-refractivity contribution in [2.45, 2.75) is 32.6 Å². The van der Waals surface area contributed by atoms with Crippen LogP contribution in [0.25, 0.3) is 12.2 Å². The van der Waals surface area contributed by atoms with Gasteiger partial charge in [0.25, 0.3) is 0 Å². The van der Waals surface area contributed by atoms with Gasteiger partial charge in [-0.1, -0.05) is 43.0 Å². The topological polar surface area (TPSA) is 20.2 Å². The van der Waals surface area contributed by atoms with Crippen LogP contribution in [0, 0.1) is 11.8 Å². The third kappa shape index (κ3) is 2.45. The normalized spacial score (nSPS) is 21.6. The van der Waals surface area contributed by atoms with Crippen molar-refractivity contribution in [1.82, 2.24) is 0 Å². The first-order valence-corrected chi connectivity index (χ1v) is 7.42. The lowest BCUT2D eigenvalue weighted by atomic mass is 9.97. The highest BCUT2D eigenvalue weighted by atomic mass is 16.3. The van der Waals surface area contributed by atoms with Crippen molar-refractivity contribution in [3.63, 3.8) is 0 Å². The SMILES string of the molecule is C=Cc1cc2c(cc1/C=C(\C)C1CC1)CC(C(=C)O)C2. The Morgan fingerprint density at radius 1 is 1.15 bits per heavy atom. The van der Waals surface area contributed by atoms with Crippen molar-refractivity contribution < 1.29 is 5.11 Å². The van der Waals surface area contributed by atoms with E-state index in [0.717, 1.165) is 18.8 Å². The smallest absolute Gasteiger partial charge is 0.0888 e. The van der Waals surface area contributed by atoms with Gasteiger partial charge in [0.05, 0.1) is 5.76 Å². The predicted octanol–water partition coefficient (Wildman–Crippen LogP) is 4.93. The van der Waals surface area contributed by atoms with Crippen LogP contribution in [0.2, 0.25) is 0 Å². The second-order valence-electron chi connectivity index (χ2n) is 6.21. The van der Waals surface area contributed by atoms with Gasteiger partial charge in [0, 0.05) is 5.92 Å². The molecule has 1 atom stereocenters. The molecule has 1 aromatic rings. The highest BCUT2D eigenvalue weighted by Crippen LogP contribution is 2.38. The summed E-state index contributed by atoms with van der Waals surface area (Å²) in [5.74, 6) is 1.30. The molecule has 0 aliphatic heterocycles. The first kappa shape index (κ1) is 13.2. The van der Waals surface area contributed by atoms with E-state index in [4.69, 9.17) is 0 Å². The Labute approximate surface area is 121 Å². The average molecular weight is 266 g/mol. The van der Waals surface area contributed by atoms with Crippen molar-refractivity contribution in [3.05, 3.63) is 58.9 Å². The van der Waals surface area contributed by atoms with Crippen molar-refractivity contribution >= 4 is 12.2 Å². The molecule has 1 aromatic carbocycles. The number of rotatable bonds is 4. The van der Waals surface area contributed by atoms with Gasteiger partial charge in [0.2, 0.25) is 0 Å². The molecule has 1 N–H and O–H groups in total. The lowest BCUT2D eigenvalue weighted by molar-refractivity contribution is 0.337. The Hall–Kier alpha value is -1.76. The predicted molar refractivity (Wildman–Crippen MR) is 85.6 cm³/mol. The van der Waals surface area contributed by atoms with Crippen LogP contribution in [-0.2, 0) is 12.8 Å². The molecule has 0 saturated heterocycles. The number of aliphatic hydroxyl groups is 1. The summed E-state index contributed by atoms with van der Waals surface area (Å²) < 4.78 is 0. The maximum Gasteiger partial charge on any atom is 0.0888 e. The highest BCUT2D eigenvalue weighted by molar-refractivity contribution is 5.68. The fourth-order valence-electron chi connectivity index (χ4n) is 3.15.